The molecule has 2 fully saturated rings. The van der Waals surface area contributed by atoms with Crippen molar-refractivity contribution in [3.05, 3.63) is 34.8 Å². The number of ether oxygens (including phenoxy) is 1. The molecule has 7 nitrogen and oxygen atoms in total. The molecule has 0 spiro atoms. The average molecular weight is 422 g/mol. The van der Waals surface area contributed by atoms with E-state index in [4.69, 9.17) is 14.1 Å². The van der Waals surface area contributed by atoms with Gasteiger partial charge in [0.25, 0.3) is 0 Å². The molecule has 4 heterocycles. The van der Waals surface area contributed by atoms with E-state index < -0.39 is 0 Å². The molecule has 26 heavy (non-hydrogen) atoms. The summed E-state index contributed by atoms with van der Waals surface area (Å²) in [4.78, 5) is 13.7. The van der Waals surface area contributed by atoms with Crippen LogP contribution < -0.4 is 10.2 Å². The van der Waals surface area contributed by atoms with Crippen LogP contribution in [0.3, 0.4) is 0 Å². The number of nitrogens with zero attached hydrogens (tertiary/aromatic N) is 4. The van der Waals surface area contributed by atoms with Crippen molar-refractivity contribution < 1.29 is 9.15 Å². The number of likely N-dealkylation sites (tertiary alicyclic amines) is 1. The Morgan fingerprint density at radius 2 is 1.92 bits per heavy atom. The zero-order valence-corrected chi connectivity index (χ0v) is 16.3. The molecule has 140 valence electrons. The fourth-order valence-corrected chi connectivity index (χ4v) is 3.79. The predicted octanol–water partition coefficient (Wildman–Crippen LogP) is 2.75. The topological polar surface area (TPSA) is 66.7 Å². The Kier molecular flexibility index (Phi) is 5.72. The third-order valence-corrected chi connectivity index (χ3v) is 5.31. The molecule has 8 heteroatoms. The van der Waals surface area contributed by atoms with Crippen molar-refractivity contribution in [2.45, 2.75) is 25.4 Å². The van der Waals surface area contributed by atoms with Crippen molar-refractivity contribution in [2.75, 3.05) is 49.6 Å². The van der Waals surface area contributed by atoms with Gasteiger partial charge in [-0.3, -0.25) is 4.90 Å². The molecule has 0 bridgehead atoms. The molecule has 0 saturated carbocycles. The fraction of sp³-hybridized carbons (Fsp3) is 0.556. The number of morpholine rings is 1. The van der Waals surface area contributed by atoms with Crippen molar-refractivity contribution in [3.63, 3.8) is 0 Å². The minimum absolute atomic E-state index is 0.446. The lowest BCUT2D eigenvalue weighted by molar-refractivity contribution is 0.122. The first-order chi connectivity index (χ1) is 12.8. The molecule has 0 amide bonds. The van der Waals surface area contributed by atoms with Crippen molar-refractivity contribution in [3.8, 4) is 0 Å². The Balaban J connectivity index is 1.28. The summed E-state index contributed by atoms with van der Waals surface area (Å²) in [7, 11) is 0. The maximum atomic E-state index is 5.61. The first kappa shape index (κ1) is 17.8. The second-order valence-electron chi connectivity index (χ2n) is 6.74. The molecule has 0 aromatic carbocycles. The van der Waals surface area contributed by atoms with Crippen LogP contribution >= 0.6 is 15.9 Å². The first-order valence-corrected chi connectivity index (χ1v) is 9.94. The second kappa shape index (κ2) is 8.37. The van der Waals surface area contributed by atoms with E-state index in [1.807, 2.05) is 24.4 Å². The summed E-state index contributed by atoms with van der Waals surface area (Å²) in [6.07, 6.45) is 4.03. The van der Waals surface area contributed by atoms with Crippen LogP contribution in [-0.4, -0.2) is 60.3 Å². The van der Waals surface area contributed by atoms with E-state index in [-0.39, 0.29) is 0 Å². The van der Waals surface area contributed by atoms with Crippen molar-refractivity contribution >= 4 is 27.7 Å². The van der Waals surface area contributed by atoms with Crippen LogP contribution in [0.15, 0.2) is 33.5 Å². The number of nitrogens with one attached hydrogen (secondary N) is 1. The Labute approximate surface area is 161 Å². The summed E-state index contributed by atoms with van der Waals surface area (Å²) in [6, 6.07) is 6.38. The van der Waals surface area contributed by atoms with Crippen LogP contribution in [0.25, 0.3) is 0 Å². The van der Waals surface area contributed by atoms with Gasteiger partial charge >= 0.3 is 0 Å². The Hall–Kier alpha value is -1.64. The molecule has 0 unspecified atom stereocenters. The van der Waals surface area contributed by atoms with Crippen LogP contribution in [0.2, 0.25) is 0 Å². The van der Waals surface area contributed by atoms with Gasteiger partial charge in [-0.25, -0.2) is 4.98 Å². The number of anilines is 2. The van der Waals surface area contributed by atoms with Gasteiger partial charge in [-0.2, -0.15) is 4.98 Å². The maximum absolute atomic E-state index is 5.61. The van der Waals surface area contributed by atoms with Gasteiger partial charge in [0.05, 0.1) is 19.8 Å². The number of furan rings is 1. The zero-order valence-electron chi connectivity index (χ0n) is 14.7. The Bertz CT molecular complexity index is 711. The molecule has 2 aliphatic rings. The lowest BCUT2D eigenvalue weighted by atomic mass is 10.0. The maximum Gasteiger partial charge on any atom is 0.227 e. The van der Waals surface area contributed by atoms with Crippen LogP contribution in [-0.2, 0) is 11.3 Å². The van der Waals surface area contributed by atoms with Gasteiger partial charge in [-0.15, -0.1) is 0 Å². The van der Waals surface area contributed by atoms with Crippen LogP contribution in [0.4, 0.5) is 11.8 Å². The van der Waals surface area contributed by atoms with E-state index in [1.54, 1.807) is 0 Å². The summed E-state index contributed by atoms with van der Waals surface area (Å²) < 4.78 is 11.8. The minimum atomic E-state index is 0.446. The van der Waals surface area contributed by atoms with E-state index in [0.717, 1.165) is 81.0 Å². The molecule has 4 rings (SSSR count). The van der Waals surface area contributed by atoms with Crippen molar-refractivity contribution in [1.82, 2.24) is 14.9 Å². The molecular formula is C18H24BrN5O2. The van der Waals surface area contributed by atoms with Gasteiger partial charge in [0, 0.05) is 38.4 Å². The molecular weight excluding hydrogens is 398 g/mol. The molecule has 0 aliphatic carbocycles. The molecule has 2 aliphatic heterocycles. The summed E-state index contributed by atoms with van der Waals surface area (Å²) in [5, 5.41) is 3.58. The number of halogens is 1. The first-order valence-electron chi connectivity index (χ1n) is 9.15. The molecule has 2 aromatic heterocycles. The predicted molar refractivity (Wildman–Crippen MR) is 103 cm³/mol. The smallest absolute Gasteiger partial charge is 0.227 e. The molecule has 2 aromatic rings. The normalized spacial score (nSPS) is 19.7. The lowest BCUT2D eigenvalue weighted by Gasteiger charge is -2.32. The monoisotopic (exact) mass is 421 g/mol. The van der Waals surface area contributed by atoms with Gasteiger partial charge < -0.3 is 19.4 Å². The second-order valence-corrected chi connectivity index (χ2v) is 7.52. The summed E-state index contributed by atoms with van der Waals surface area (Å²) in [6.45, 7) is 6.16. The van der Waals surface area contributed by atoms with E-state index >= 15 is 0 Å². The molecule has 0 atom stereocenters. The molecule has 1 N–H and O–H groups in total. The largest absolute Gasteiger partial charge is 0.453 e. The highest BCUT2D eigenvalue weighted by Gasteiger charge is 2.21. The quantitative estimate of drug-likeness (QED) is 0.795. The van der Waals surface area contributed by atoms with Gasteiger partial charge in [0.1, 0.15) is 11.6 Å². The number of aromatic nitrogens is 2. The Morgan fingerprint density at radius 3 is 2.65 bits per heavy atom. The van der Waals surface area contributed by atoms with Crippen LogP contribution in [0.5, 0.6) is 0 Å². The third-order valence-electron chi connectivity index (χ3n) is 4.88. The SMILES string of the molecule is Brc1ccc(CN2CCC(Nc3ccnc(N4CCOCC4)n3)CC2)o1. The van der Waals surface area contributed by atoms with E-state index in [1.165, 1.54) is 0 Å². The van der Waals surface area contributed by atoms with Gasteiger partial charge in [-0.05, 0) is 47.0 Å². The zero-order chi connectivity index (χ0) is 17.8. The third kappa shape index (κ3) is 4.55. The summed E-state index contributed by atoms with van der Waals surface area (Å²) in [5.41, 5.74) is 0. The average Bonchev–Trinajstić information content (AvgIpc) is 3.09. The summed E-state index contributed by atoms with van der Waals surface area (Å²) in [5.74, 6) is 2.71. The number of hydrogen-bond donors (Lipinski definition) is 1. The highest BCUT2D eigenvalue weighted by Crippen LogP contribution is 2.20. The van der Waals surface area contributed by atoms with Crippen molar-refractivity contribution in [1.29, 1.82) is 0 Å². The summed E-state index contributed by atoms with van der Waals surface area (Å²) >= 11 is 3.36. The van der Waals surface area contributed by atoms with E-state index in [2.05, 4.69) is 36.0 Å². The number of piperidine rings is 1. The standard InChI is InChI=1S/C18H24BrN5O2/c19-16-2-1-15(26-16)13-23-7-4-14(5-8-23)21-17-3-6-20-18(22-17)24-9-11-25-12-10-24/h1-3,6,14H,4-5,7-13H2,(H,20,21,22). The van der Waals surface area contributed by atoms with E-state index in [9.17, 15) is 0 Å². The Morgan fingerprint density at radius 1 is 1.12 bits per heavy atom. The van der Waals surface area contributed by atoms with Gasteiger partial charge in [-0.1, -0.05) is 0 Å². The highest BCUT2D eigenvalue weighted by molar-refractivity contribution is 9.10. The van der Waals surface area contributed by atoms with Gasteiger partial charge in [0.15, 0.2) is 4.67 Å². The van der Waals surface area contributed by atoms with Gasteiger partial charge in [0.2, 0.25) is 5.95 Å². The van der Waals surface area contributed by atoms with Crippen LogP contribution in [0.1, 0.15) is 18.6 Å². The molecule has 0 radical (unpaired) electrons. The lowest BCUT2D eigenvalue weighted by Crippen LogP contribution is -2.39. The number of rotatable bonds is 5. The van der Waals surface area contributed by atoms with Crippen molar-refractivity contribution in [2.24, 2.45) is 0 Å². The highest BCUT2D eigenvalue weighted by atomic mass is 79.9. The molecule has 2 saturated heterocycles. The fourth-order valence-electron chi connectivity index (χ4n) is 3.45. The van der Waals surface area contributed by atoms with Crippen LogP contribution in [0, 0.1) is 0 Å². The minimum Gasteiger partial charge on any atom is -0.453 e. The number of hydrogen-bond acceptors (Lipinski definition) is 7. The van der Waals surface area contributed by atoms with E-state index in [0.29, 0.717) is 6.04 Å².